The molecule has 4 N–H and O–H groups in total. The Bertz CT molecular complexity index is 2210. The average molecular weight is 866 g/mol. The highest BCUT2D eigenvalue weighted by molar-refractivity contribution is 7.90. The molecule has 3 amide bonds. The standard InChI is InChI=1S/C27H33N3O7S.C17H26N2O4/c1-5-16-28-25(33)20-11-10-12-22(18-20)38(35,36)30-19-21(14-15-23(30)31)26(34)29-17-9-7-6-8-13-24(32)37-27(2,3)4;1-17(2,3)23-15(21)8-6-4-5-7-11-18-16(22)13-9-10-14(20)19-12-13/h1,10-12,14-15,18-19H,6-9,13,16-17H2,2-4H3,(H,28,33)(H,29,34);9-10,12H,4-8,11H2,1-3H3,(H,18,22)(H,19,20). The minimum absolute atomic E-state index is 0.0129. The number of hydrogen-bond donors (Lipinski definition) is 4. The fourth-order valence-electron chi connectivity index (χ4n) is 5.38. The number of aromatic nitrogens is 2. The van der Waals surface area contributed by atoms with Gasteiger partial charge in [0.15, 0.2) is 0 Å². The van der Waals surface area contributed by atoms with Gasteiger partial charge in [0, 0.05) is 56.0 Å². The number of rotatable bonds is 20. The number of terminal acetylenes is 1. The maximum atomic E-state index is 13.1. The van der Waals surface area contributed by atoms with Crippen molar-refractivity contribution < 1.29 is 41.9 Å². The van der Waals surface area contributed by atoms with Crippen molar-refractivity contribution in [2.45, 2.75) is 122 Å². The number of amides is 3. The maximum absolute atomic E-state index is 13.1. The predicted molar refractivity (Wildman–Crippen MR) is 230 cm³/mol. The first-order valence-electron chi connectivity index (χ1n) is 20.1. The molecule has 0 unspecified atom stereocenters. The van der Waals surface area contributed by atoms with E-state index in [4.69, 9.17) is 15.9 Å². The van der Waals surface area contributed by atoms with Gasteiger partial charge < -0.3 is 30.4 Å². The molecule has 0 bridgehead atoms. The summed E-state index contributed by atoms with van der Waals surface area (Å²) in [6.07, 6.45) is 14.7. The Hall–Kier alpha value is -6.02. The molecule has 1 aromatic carbocycles. The van der Waals surface area contributed by atoms with E-state index in [2.05, 4.69) is 26.9 Å². The van der Waals surface area contributed by atoms with Crippen LogP contribution in [0.3, 0.4) is 0 Å². The minimum atomic E-state index is -4.39. The van der Waals surface area contributed by atoms with E-state index in [0.717, 1.165) is 56.9 Å². The molecule has 0 saturated heterocycles. The zero-order chi connectivity index (χ0) is 45.6. The molecule has 0 aliphatic carbocycles. The highest BCUT2D eigenvalue weighted by Crippen LogP contribution is 2.16. The molecule has 2 aromatic heterocycles. The van der Waals surface area contributed by atoms with Crippen LogP contribution in [0.25, 0.3) is 0 Å². The second kappa shape index (κ2) is 24.9. The van der Waals surface area contributed by atoms with Crippen LogP contribution in [0.15, 0.2) is 75.4 Å². The molecular weight excluding hydrogens is 807 g/mol. The van der Waals surface area contributed by atoms with Gasteiger partial charge in [0.05, 0.1) is 22.6 Å². The first-order valence-corrected chi connectivity index (χ1v) is 21.6. The Labute approximate surface area is 357 Å². The third-order valence-corrected chi connectivity index (χ3v) is 9.87. The van der Waals surface area contributed by atoms with Crippen molar-refractivity contribution in [3.05, 3.63) is 98.3 Å². The summed E-state index contributed by atoms with van der Waals surface area (Å²) in [5, 5.41) is 7.94. The molecule has 0 saturated carbocycles. The van der Waals surface area contributed by atoms with E-state index in [0.29, 0.717) is 48.3 Å². The van der Waals surface area contributed by atoms with Crippen LogP contribution in [0.4, 0.5) is 0 Å². The number of ether oxygens (including phenoxy) is 2. The van der Waals surface area contributed by atoms with E-state index in [9.17, 15) is 42.0 Å². The number of esters is 2. The topological polar surface area (TPSA) is 229 Å². The van der Waals surface area contributed by atoms with Gasteiger partial charge in [-0.25, -0.2) is 12.4 Å². The number of nitrogens with zero attached hydrogens (tertiary/aromatic N) is 1. The summed E-state index contributed by atoms with van der Waals surface area (Å²) in [6, 6.07) is 10.2. The highest BCUT2D eigenvalue weighted by atomic mass is 32.2. The first-order chi connectivity index (χ1) is 28.6. The Morgan fingerprint density at radius 1 is 0.672 bits per heavy atom. The summed E-state index contributed by atoms with van der Waals surface area (Å²) in [5.74, 6) is 0.546. The summed E-state index contributed by atoms with van der Waals surface area (Å²) in [6.45, 7) is 11.9. The lowest BCUT2D eigenvalue weighted by Crippen LogP contribution is -2.30. The average Bonchev–Trinajstić information content (AvgIpc) is 3.18. The summed E-state index contributed by atoms with van der Waals surface area (Å²) in [7, 11) is -4.39. The number of nitrogens with one attached hydrogen (secondary N) is 4. The summed E-state index contributed by atoms with van der Waals surface area (Å²) < 4.78 is 37.2. The number of pyridine rings is 2. The van der Waals surface area contributed by atoms with Crippen LogP contribution in [-0.2, 0) is 29.1 Å². The van der Waals surface area contributed by atoms with Gasteiger partial charge in [0.1, 0.15) is 11.2 Å². The van der Waals surface area contributed by atoms with Crippen LogP contribution in [0.2, 0.25) is 0 Å². The van der Waals surface area contributed by atoms with Crippen molar-refractivity contribution in [3.63, 3.8) is 0 Å². The monoisotopic (exact) mass is 865 g/mol. The maximum Gasteiger partial charge on any atom is 0.306 e. The number of carbonyl (C=O) groups excluding carboxylic acids is 5. The minimum Gasteiger partial charge on any atom is -0.460 e. The van der Waals surface area contributed by atoms with E-state index in [1.807, 2.05) is 41.5 Å². The van der Waals surface area contributed by atoms with Gasteiger partial charge in [-0.1, -0.05) is 37.7 Å². The molecule has 2 heterocycles. The summed E-state index contributed by atoms with van der Waals surface area (Å²) in [4.78, 5) is 85.2. The smallest absolute Gasteiger partial charge is 0.306 e. The number of H-pyrrole nitrogens is 1. The van der Waals surface area contributed by atoms with Crippen LogP contribution in [0.1, 0.15) is 137 Å². The molecule has 0 aliphatic rings. The molecule has 0 radical (unpaired) electrons. The second-order valence-corrected chi connectivity index (χ2v) is 17.7. The van der Waals surface area contributed by atoms with Crippen molar-refractivity contribution in [2.75, 3.05) is 19.6 Å². The SMILES string of the molecule is C#CCNC(=O)c1cccc(S(=O)(=O)n2cc(C(=O)NCCCCCCC(=O)OC(C)(C)C)ccc2=O)c1.CC(C)(C)OC(=O)CCCCCCNC(=O)c1ccc(=O)[nH]c1. The number of carbonyl (C=O) groups is 5. The van der Waals surface area contributed by atoms with E-state index in [1.54, 1.807) is 0 Å². The molecule has 0 atom stereocenters. The quantitative estimate of drug-likeness (QED) is 0.0681. The number of hydrogen-bond acceptors (Lipinski definition) is 11. The molecule has 17 heteroatoms. The summed E-state index contributed by atoms with van der Waals surface area (Å²) >= 11 is 0. The molecule has 16 nitrogen and oxygen atoms in total. The van der Waals surface area contributed by atoms with Crippen LogP contribution in [0.5, 0.6) is 0 Å². The molecule has 0 aliphatic heterocycles. The van der Waals surface area contributed by atoms with Gasteiger partial charge in [0.2, 0.25) is 5.56 Å². The lowest BCUT2D eigenvalue weighted by molar-refractivity contribution is -0.156. The fraction of sp³-hybridized carbons (Fsp3) is 0.477. The third kappa shape index (κ3) is 20.2. The van der Waals surface area contributed by atoms with Crippen molar-refractivity contribution in [2.24, 2.45) is 0 Å². The van der Waals surface area contributed by atoms with Crippen LogP contribution < -0.4 is 27.1 Å². The molecular formula is C44H59N5O11S. The first kappa shape index (κ1) is 51.1. The van der Waals surface area contributed by atoms with E-state index in [1.165, 1.54) is 42.6 Å². The van der Waals surface area contributed by atoms with Crippen LogP contribution in [0, 0.1) is 12.3 Å². The van der Waals surface area contributed by atoms with Gasteiger partial charge in [-0.05, 0) is 97.6 Å². The molecule has 3 aromatic rings. The van der Waals surface area contributed by atoms with Crippen molar-refractivity contribution in [3.8, 4) is 12.3 Å². The fourth-order valence-corrected chi connectivity index (χ4v) is 6.68. The molecule has 0 spiro atoms. The molecule has 61 heavy (non-hydrogen) atoms. The zero-order valence-corrected chi connectivity index (χ0v) is 36.7. The van der Waals surface area contributed by atoms with Gasteiger partial charge in [-0.3, -0.25) is 33.6 Å². The normalized spacial score (nSPS) is 11.2. The molecule has 3 rings (SSSR count). The van der Waals surface area contributed by atoms with Crippen molar-refractivity contribution >= 4 is 39.7 Å². The lowest BCUT2D eigenvalue weighted by atomic mass is 10.1. The lowest BCUT2D eigenvalue weighted by Gasteiger charge is -2.19. The largest absolute Gasteiger partial charge is 0.460 e. The van der Waals surface area contributed by atoms with E-state index < -0.39 is 38.6 Å². The van der Waals surface area contributed by atoms with Gasteiger partial charge in [-0.15, -0.1) is 6.42 Å². The van der Waals surface area contributed by atoms with Crippen LogP contribution >= 0.6 is 0 Å². The summed E-state index contributed by atoms with van der Waals surface area (Å²) in [5.41, 5.74) is -1.54. The highest BCUT2D eigenvalue weighted by Gasteiger charge is 2.22. The van der Waals surface area contributed by atoms with Crippen LogP contribution in [-0.4, -0.2) is 77.9 Å². The number of benzene rings is 1. The molecule has 332 valence electrons. The van der Waals surface area contributed by atoms with Gasteiger partial charge >= 0.3 is 11.9 Å². The number of unbranched alkanes of at least 4 members (excludes halogenated alkanes) is 6. The Balaban J connectivity index is 0.000000476. The molecule has 0 fully saturated rings. The van der Waals surface area contributed by atoms with E-state index >= 15 is 0 Å². The van der Waals surface area contributed by atoms with Gasteiger partial charge in [0.25, 0.3) is 33.3 Å². The predicted octanol–water partition coefficient (Wildman–Crippen LogP) is 4.87. The Morgan fingerprint density at radius 3 is 1.69 bits per heavy atom. The number of aromatic amines is 1. The van der Waals surface area contributed by atoms with E-state index in [-0.39, 0.29) is 46.0 Å². The van der Waals surface area contributed by atoms with Crippen molar-refractivity contribution in [1.82, 2.24) is 24.9 Å². The Morgan fingerprint density at radius 2 is 1.18 bits per heavy atom. The second-order valence-electron chi connectivity index (χ2n) is 15.9. The van der Waals surface area contributed by atoms with Gasteiger partial charge in [-0.2, -0.15) is 0 Å². The third-order valence-electron chi connectivity index (χ3n) is 8.22. The Kier molecular flexibility index (Phi) is 20.9. The zero-order valence-electron chi connectivity index (χ0n) is 35.9. The van der Waals surface area contributed by atoms with Crippen molar-refractivity contribution in [1.29, 1.82) is 0 Å².